The monoisotopic (exact) mass is 291 g/mol. The molecule has 1 aromatic carbocycles. The van der Waals surface area contributed by atoms with Crippen molar-refractivity contribution in [2.45, 2.75) is 12.5 Å². The van der Waals surface area contributed by atoms with Crippen LogP contribution in [0.3, 0.4) is 0 Å². The molecule has 1 aromatic rings. The van der Waals surface area contributed by atoms with Crippen LogP contribution in [0.25, 0.3) is 0 Å². The van der Waals surface area contributed by atoms with E-state index in [-0.39, 0.29) is 29.3 Å². The lowest BCUT2D eigenvalue weighted by molar-refractivity contribution is 0.403. The maximum Gasteiger partial charge on any atom is 0.150 e. The first-order chi connectivity index (χ1) is 8.43. The van der Waals surface area contributed by atoms with Gasteiger partial charge in [0.1, 0.15) is 5.82 Å². The van der Waals surface area contributed by atoms with Crippen LogP contribution in [0, 0.1) is 11.7 Å². The molecule has 1 N–H and O–H groups in total. The summed E-state index contributed by atoms with van der Waals surface area (Å²) in [6.07, 6.45) is 0.555. The lowest BCUT2D eigenvalue weighted by Gasteiger charge is -2.23. The van der Waals surface area contributed by atoms with Gasteiger partial charge in [0.05, 0.1) is 11.5 Å². The second-order valence-electron chi connectivity index (χ2n) is 4.60. The van der Waals surface area contributed by atoms with Gasteiger partial charge < -0.3 is 5.32 Å². The Balaban J connectivity index is 2.31. The Morgan fingerprint density at radius 3 is 2.78 bits per heavy atom. The molecule has 0 radical (unpaired) electrons. The third kappa shape index (κ3) is 2.84. The van der Waals surface area contributed by atoms with Crippen LogP contribution in [0.15, 0.2) is 18.2 Å². The fourth-order valence-corrected chi connectivity index (χ4v) is 4.51. The number of hydrogen-bond acceptors (Lipinski definition) is 3. The molecule has 1 aliphatic rings. The first-order valence-corrected chi connectivity index (χ1v) is 7.95. The summed E-state index contributed by atoms with van der Waals surface area (Å²) < 4.78 is 36.8. The molecule has 0 bridgehead atoms. The quantitative estimate of drug-likeness (QED) is 0.928. The van der Waals surface area contributed by atoms with Crippen LogP contribution in [0.5, 0.6) is 0 Å². The minimum absolute atomic E-state index is 0.102. The lowest BCUT2D eigenvalue weighted by atomic mass is 9.92. The summed E-state index contributed by atoms with van der Waals surface area (Å²) in [4.78, 5) is 0. The molecule has 1 saturated heterocycles. The van der Waals surface area contributed by atoms with Gasteiger partial charge in [0.25, 0.3) is 0 Å². The molecule has 3 nitrogen and oxygen atoms in total. The number of hydrogen-bond donors (Lipinski definition) is 1. The van der Waals surface area contributed by atoms with Gasteiger partial charge in [0.2, 0.25) is 0 Å². The van der Waals surface area contributed by atoms with Gasteiger partial charge in [0.15, 0.2) is 9.84 Å². The van der Waals surface area contributed by atoms with Crippen molar-refractivity contribution < 1.29 is 12.8 Å². The number of sulfone groups is 1. The van der Waals surface area contributed by atoms with Crippen molar-refractivity contribution in [3.8, 4) is 0 Å². The molecule has 6 heteroatoms. The lowest BCUT2D eigenvalue weighted by Crippen LogP contribution is -2.27. The fourth-order valence-electron chi connectivity index (χ4n) is 2.48. The van der Waals surface area contributed by atoms with Crippen LogP contribution < -0.4 is 5.32 Å². The Labute approximate surface area is 111 Å². The summed E-state index contributed by atoms with van der Waals surface area (Å²) in [6, 6.07) is 4.04. The molecule has 100 valence electrons. The molecule has 2 rings (SSSR count). The standard InChI is InChI=1S/C12H15ClFNO2S/c1-15-12(8-4-5-18(16,17)7-8)10-6-9(13)2-3-11(10)14/h2-3,6,8,12,15H,4-5,7H2,1H3. The SMILES string of the molecule is CNC(c1cc(Cl)ccc1F)C1CCS(=O)(=O)C1. The van der Waals surface area contributed by atoms with E-state index in [1.165, 1.54) is 12.1 Å². The average molecular weight is 292 g/mol. The summed E-state index contributed by atoms with van der Waals surface area (Å²) in [5, 5.41) is 3.45. The van der Waals surface area contributed by atoms with Crippen molar-refractivity contribution >= 4 is 21.4 Å². The molecule has 0 amide bonds. The van der Waals surface area contributed by atoms with Gasteiger partial charge in [-0.3, -0.25) is 0 Å². The predicted octanol–water partition coefficient (Wildman–Crippen LogP) is 2.17. The van der Waals surface area contributed by atoms with E-state index >= 15 is 0 Å². The molecule has 18 heavy (non-hydrogen) atoms. The van der Waals surface area contributed by atoms with Crippen molar-refractivity contribution in [2.24, 2.45) is 5.92 Å². The van der Waals surface area contributed by atoms with Crippen molar-refractivity contribution in [1.29, 1.82) is 0 Å². The smallest absolute Gasteiger partial charge is 0.150 e. The van der Waals surface area contributed by atoms with E-state index in [0.717, 1.165) is 0 Å². The zero-order valence-electron chi connectivity index (χ0n) is 9.99. The van der Waals surface area contributed by atoms with Gasteiger partial charge in [-0.1, -0.05) is 11.6 Å². The Morgan fingerprint density at radius 2 is 2.22 bits per heavy atom. The third-order valence-electron chi connectivity index (χ3n) is 3.34. The average Bonchev–Trinajstić information content (AvgIpc) is 2.65. The molecular weight excluding hydrogens is 277 g/mol. The molecule has 2 unspecified atom stereocenters. The van der Waals surface area contributed by atoms with Crippen molar-refractivity contribution in [1.82, 2.24) is 5.32 Å². The van der Waals surface area contributed by atoms with Crippen molar-refractivity contribution in [2.75, 3.05) is 18.6 Å². The number of halogens is 2. The van der Waals surface area contributed by atoms with Gasteiger partial charge in [-0.05, 0) is 37.6 Å². The number of benzene rings is 1. The first kappa shape index (κ1) is 13.8. The third-order valence-corrected chi connectivity index (χ3v) is 5.37. The van der Waals surface area contributed by atoms with Gasteiger partial charge >= 0.3 is 0 Å². The summed E-state index contributed by atoms with van der Waals surface area (Å²) in [5.74, 6) is -0.182. The number of nitrogens with one attached hydrogen (secondary N) is 1. The highest BCUT2D eigenvalue weighted by Crippen LogP contribution is 2.33. The van der Waals surface area contributed by atoms with E-state index in [4.69, 9.17) is 11.6 Å². The predicted molar refractivity (Wildman–Crippen MR) is 70.0 cm³/mol. The zero-order chi connectivity index (χ0) is 13.3. The van der Waals surface area contributed by atoms with E-state index in [9.17, 15) is 12.8 Å². The first-order valence-electron chi connectivity index (χ1n) is 5.75. The Kier molecular flexibility index (Phi) is 3.94. The number of rotatable bonds is 3. The van der Waals surface area contributed by atoms with E-state index in [1.807, 2.05) is 0 Å². The zero-order valence-corrected chi connectivity index (χ0v) is 11.6. The molecule has 1 fully saturated rings. The Morgan fingerprint density at radius 1 is 1.50 bits per heavy atom. The van der Waals surface area contributed by atoms with E-state index < -0.39 is 9.84 Å². The van der Waals surface area contributed by atoms with Crippen LogP contribution in [0.2, 0.25) is 5.02 Å². The summed E-state index contributed by atoms with van der Waals surface area (Å²) >= 11 is 5.87. The maximum atomic E-state index is 13.8. The van der Waals surface area contributed by atoms with Crippen molar-refractivity contribution in [3.05, 3.63) is 34.6 Å². The van der Waals surface area contributed by atoms with Crippen LogP contribution >= 0.6 is 11.6 Å². The molecule has 0 aromatic heterocycles. The van der Waals surface area contributed by atoms with Crippen LogP contribution in [-0.4, -0.2) is 27.0 Å². The normalized spacial score (nSPS) is 24.1. The molecule has 1 heterocycles. The van der Waals surface area contributed by atoms with Gasteiger partial charge in [0, 0.05) is 16.6 Å². The highest BCUT2D eigenvalue weighted by molar-refractivity contribution is 7.91. The Bertz CT molecular complexity index is 547. The Hall–Kier alpha value is -0.650. The second kappa shape index (κ2) is 5.15. The van der Waals surface area contributed by atoms with E-state index in [0.29, 0.717) is 17.0 Å². The fraction of sp³-hybridized carbons (Fsp3) is 0.500. The topological polar surface area (TPSA) is 46.2 Å². The maximum absolute atomic E-state index is 13.8. The van der Waals surface area contributed by atoms with Gasteiger partial charge in [-0.15, -0.1) is 0 Å². The van der Waals surface area contributed by atoms with E-state index in [2.05, 4.69) is 5.32 Å². The largest absolute Gasteiger partial charge is 0.313 e. The van der Waals surface area contributed by atoms with Gasteiger partial charge in [-0.2, -0.15) is 0 Å². The van der Waals surface area contributed by atoms with Crippen LogP contribution in [0.1, 0.15) is 18.0 Å². The molecular formula is C12H15ClFNO2S. The minimum Gasteiger partial charge on any atom is -0.313 e. The highest BCUT2D eigenvalue weighted by atomic mass is 35.5. The molecule has 0 aliphatic carbocycles. The summed E-state index contributed by atoms with van der Waals surface area (Å²) in [5.41, 5.74) is 0.437. The van der Waals surface area contributed by atoms with Crippen LogP contribution in [-0.2, 0) is 9.84 Å². The molecule has 0 spiro atoms. The molecule has 1 aliphatic heterocycles. The summed E-state index contributed by atoms with van der Waals surface area (Å²) in [6.45, 7) is 0. The van der Waals surface area contributed by atoms with Gasteiger partial charge in [-0.25, -0.2) is 12.8 Å². The molecule has 2 atom stereocenters. The van der Waals surface area contributed by atoms with Crippen LogP contribution in [0.4, 0.5) is 4.39 Å². The van der Waals surface area contributed by atoms with Crippen molar-refractivity contribution in [3.63, 3.8) is 0 Å². The van der Waals surface area contributed by atoms with E-state index in [1.54, 1.807) is 13.1 Å². The summed E-state index contributed by atoms with van der Waals surface area (Å²) in [7, 11) is -1.27. The second-order valence-corrected chi connectivity index (χ2v) is 7.26. The molecule has 0 saturated carbocycles. The highest BCUT2D eigenvalue weighted by Gasteiger charge is 2.34. The minimum atomic E-state index is -2.98.